The van der Waals surface area contributed by atoms with Crippen LogP contribution in [0.3, 0.4) is 0 Å². The molecule has 0 aliphatic carbocycles. The maximum absolute atomic E-state index is 12.1. The van der Waals surface area contributed by atoms with Gasteiger partial charge in [0.1, 0.15) is 6.04 Å². The second kappa shape index (κ2) is 8.31. The van der Waals surface area contributed by atoms with Crippen LogP contribution in [0.2, 0.25) is 0 Å². The molecule has 1 amide bonds. The number of anilines is 2. The van der Waals surface area contributed by atoms with Crippen molar-refractivity contribution in [2.75, 3.05) is 5.32 Å². The van der Waals surface area contributed by atoms with Crippen LogP contribution < -0.4 is 10.6 Å². The molecule has 0 fully saturated rings. The quantitative estimate of drug-likeness (QED) is 0.685. The van der Waals surface area contributed by atoms with E-state index < -0.39 is 6.04 Å². The molecule has 142 valence electrons. The highest BCUT2D eigenvalue weighted by Crippen LogP contribution is 2.23. The van der Waals surface area contributed by atoms with E-state index in [0.29, 0.717) is 11.5 Å². The summed E-state index contributed by atoms with van der Waals surface area (Å²) < 4.78 is 1.81. The van der Waals surface area contributed by atoms with Gasteiger partial charge < -0.3 is 10.6 Å². The molecule has 0 saturated carbocycles. The van der Waals surface area contributed by atoms with Crippen molar-refractivity contribution < 1.29 is 4.79 Å². The highest BCUT2D eigenvalue weighted by molar-refractivity contribution is 5.95. The monoisotopic (exact) mass is 375 g/mol. The molecule has 2 heterocycles. The van der Waals surface area contributed by atoms with Gasteiger partial charge in [-0.05, 0) is 38.5 Å². The Balaban J connectivity index is 1.81. The van der Waals surface area contributed by atoms with Crippen LogP contribution in [0.5, 0.6) is 0 Å². The van der Waals surface area contributed by atoms with E-state index >= 15 is 0 Å². The van der Waals surface area contributed by atoms with Crippen LogP contribution in [-0.2, 0) is 6.54 Å². The number of hydrogen-bond donors (Lipinski definition) is 2. The van der Waals surface area contributed by atoms with Crippen molar-refractivity contribution >= 4 is 17.5 Å². The molecule has 8 nitrogen and oxygen atoms in total. The molecule has 8 heteroatoms. The molecule has 3 aromatic rings. The predicted octanol–water partition coefficient (Wildman–Crippen LogP) is 3.05. The van der Waals surface area contributed by atoms with Gasteiger partial charge in [-0.25, -0.2) is 9.97 Å². The molecule has 0 aliphatic heterocycles. The summed E-state index contributed by atoms with van der Waals surface area (Å²) >= 11 is 0. The van der Waals surface area contributed by atoms with Crippen LogP contribution in [0.25, 0.3) is 11.3 Å². The fourth-order valence-electron chi connectivity index (χ4n) is 2.62. The van der Waals surface area contributed by atoms with E-state index in [1.54, 1.807) is 31.5 Å². The summed E-state index contributed by atoms with van der Waals surface area (Å²) in [6.45, 7) is 6.37. The molecule has 28 heavy (non-hydrogen) atoms. The van der Waals surface area contributed by atoms with E-state index in [2.05, 4.69) is 25.7 Å². The lowest BCUT2D eigenvalue weighted by molar-refractivity contribution is 0.0948. The highest BCUT2D eigenvalue weighted by Gasteiger charge is 2.11. The van der Waals surface area contributed by atoms with Gasteiger partial charge in [0.05, 0.1) is 23.6 Å². The van der Waals surface area contributed by atoms with Crippen molar-refractivity contribution in [2.45, 2.75) is 33.4 Å². The molecular formula is C20H21N7O. The van der Waals surface area contributed by atoms with Gasteiger partial charge in [0.2, 0.25) is 5.95 Å². The highest BCUT2D eigenvalue weighted by atomic mass is 16.1. The van der Waals surface area contributed by atoms with Crippen LogP contribution in [0, 0.1) is 18.3 Å². The van der Waals surface area contributed by atoms with Gasteiger partial charge >= 0.3 is 0 Å². The Bertz CT molecular complexity index is 1020. The predicted molar refractivity (Wildman–Crippen MR) is 106 cm³/mol. The zero-order valence-electron chi connectivity index (χ0n) is 16.0. The smallest absolute Gasteiger partial charge is 0.252 e. The first-order valence-electron chi connectivity index (χ1n) is 8.94. The summed E-state index contributed by atoms with van der Waals surface area (Å²) in [6, 6.07) is 8.54. The van der Waals surface area contributed by atoms with Crippen LogP contribution >= 0.6 is 0 Å². The van der Waals surface area contributed by atoms with E-state index in [-0.39, 0.29) is 5.91 Å². The minimum Gasteiger partial charge on any atom is -0.337 e. The van der Waals surface area contributed by atoms with E-state index in [1.807, 2.05) is 42.9 Å². The molecule has 1 aromatic carbocycles. The first-order valence-corrected chi connectivity index (χ1v) is 8.94. The van der Waals surface area contributed by atoms with Gasteiger partial charge in [-0.2, -0.15) is 10.4 Å². The van der Waals surface area contributed by atoms with Crippen molar-refractivity contribution in [3.63, 3.8) is 0 Å². The van der Waals surface area contributed by atoms with E-state index in [9.17, 15) is 4.79 Å². The summed E-state index contributed by atoms with van der Waals surface area (Å²) in [5, 5.41) is 18.8. The number of rotatable bonds is 6. The molecule has 0 saturated heterocycles. The van der Waals surface area contributed by atoms with Crippen LogP contribution in [0.4, 0.5) is 11.6 Å². The number of hydrogen-bond acceptors (Lipinski definition) is 6. The molecule has 0 bridgehead atoms. The standard InChI is InChI=1S/C20H21N7O/c1-4-27-12-17(11-23-27)25-20-22-10-13(2)18(26-20)15-5-7-16(8-6-15)19(28)24-14(3)9-21/h5-8,10-12,14H,4H2,1-3H3,(H,24,28)(H,22,25,26)/t14-/m0/s1. The summed E-state index contributed by atoms with van der Waals surface area (Å²) in [5.74, 6) is 0.191. The van der Waals surface area contributed by atoms with Crippen molar-refractivity contribution in [1.82, 2.24) is 25.1 Å². The summed E-state index contributed by atoms with van der Waals surface area (Å²) in [4.78, 5) is 21.0. The zero-order chi connectivity index (χ0) is 20.1. The lowest BCUT2D eigenvalue weighted by atomic mass is 10.1. The van der Waals surface area contributed by atoms with E-state index in [1.165, 1.54) is 0 Å². The van der Waals surface area contributed by atoms with Crippen molar-refractivity contribution in [3.8, 4) is 17.3 Å². The average molecular weight is 375 g/mol. The van der Waals surface area contributed by atoms with Crippen LogP contribution in [0.15, 0.2) is 42.9 Å². The summed E-state index contributed by atoms with van der Waals surface area (Å²) in [7, 11) is 0. The molecule has 2 aromatic heterocycles. The number of carbonyl (C=O) groups is 1. The second-order valence-corrected chi connectivity index (χ2v) is 6.34. The molecule has 1 atom stereocenters. The third-order valence-electron chi connectivity index (χ3n) is 4.15. The molecule has 0 unspecified atom stereocenters. The van der Waals surface area contributed by atoms with Gasteiger partial charge in [0.15, 0.2) is 0 Å². The second-order valence-electron chi connectivity index (χ2n) is 6.34. The Morgan fingerprint density at radius 3 is 2.68 bits per heavy atom. The Labute approximate surface area is 163 Å². The van der Waals surface area contributed by atoms with E-state index in [0.717, 1.165) is 29.1 Å². The first-order chi connectivity index (χ1) is 13.5. The fraction of sp³-hybridized carbons (Fsp3) is 0.250. The average Bonchev–Trinajstić information content (AvgIpc) is 3.17. The number of aromatic nitrogens is 4. The molecular weight excluding hydrogens is 354 g/mol. The molecule has 0 spiro atoms. The van der Waals surface area contributed by atoms with Gasteiger partial charge in [-0.3, -0.25) is 9.48 Å². The van der Waals surface area contributed by atoms with Crippen LogP contribution in [0.1, 0.15) is 29.8 Å². The minimum atomic E-state index is -0.540. The zero-order valence-corrected chi connectivity index (χ0v) is 16.0. The van der Waals surface area contributed by atoms with Crippen LogP contribution in [-0.4, -0.2) is 31.7 Å². The third-order valence-corrected chi connectivity index (χ3v) is 4.15. The number of benzene rings is 1. The molecule has 3 rings (SSSR count). The van der Waals surface area contributed by atoms with Gasteiger partial charge in [-0.1, -0.05) is 12.1 Å². The third kappa shape index (κ3) is 4.32. The maximum atomic E-state index is 12.1. The Hall–Kier alpha value is -3.73. The summed E-state index contributed by atoms with van der Waals surface area (Å²) in [6.07, 6.45) is 5.37. The van der Waals surface area contributed by atoms with E-state index in [4.69, 9.17) is 5.26 Å². The summed E-state index contributed by atoms with van der Waals surface area (Å²) in [5.41, 5.74) is 3.87. The van der Waals surface area contributed by atoms with Crippen molar-refractivity contribution in [2.24, 2.45) is 0 Å². The SMILES string of the molecule is CCn1cc(Nc2ncc(C)c(-c3ccc(C(=O)N[C@@H](C)C#N)cc3)n2)cn1. The van der Waals surface area contributed by atoms with Crippen molar-refractivity contribution in [3.05, 3.63) is 54.0 Å². The Morgan fingerprint density at radius 2 is 2.04 bits per heavy atom. The maximum Gasteiger partial charge on any atom is 0.252 e. The number of aryl methyl sites for hydroxylation is 2. The van der Waals surface area contributed by atoms with Gasteiger partial charge in [0.25, 0.3) is 5.91 Å². The lowest BCUT2D eigenvalue weighted by Gasteiger charge is -2.10. The molecule has 2 N–H and O–H groups in total. The fourth-order valence-corrected chi connectivity index (χ4v) is 2.62. The normalized spacial score (nSPS) is 11.5. The Kier molecular flexibility index (Phi) is 5.65. The number of nitrogens with zero attached hydrogens (tertiary/aromatic N) is 5. The van der Waals surface area contributed by atoms with Crippen molar-refractivity contribution in [1.29, 1.82) is 5.26 Å². The Morgan fingerprint density at radius 1 is 1.29 bits per heavy atom. The van der Waals surface area contributed by atoms with Gasteiger partial charge in [0, 0.05) is 30.1 Å². The minimum absolute atomic E-state index is 0.282. The number of carbonyl (C=O) groups excluding carboxylic acids is 1. The molecule has 0 radical (unpaired) electrons. The lowest BCUT2D eigenvalue weighted by Crippen LogP contribution is -2.31. The topological polar surface area (TPSA) is 109 Å². The largest absolute Gasteiger partial charge is 0.337 e. The molecule has 0 aliphatic rings. The number of nitrogens with one attached hydrogen (secondary N) is 2. The van der Waals surface area contributed by atoms with Gasteiger partial charge in [-0.15, -0.1) is 0 Å². The number of amides is 1. The number of nitriles is 1. The first kappa shape index (κ1) is 19.0.